The molecule has 0 unspecified atom stereocenters. The molecule has 0 fully saturated rings. The third kappa shape index (κ3) is 4.75. The van der Waals surface area contributed by atoms with Crippen LogP contribution in [-0.2, 0) is 0 Å². The molecule has 3 nitrogen and oxygen atoms in total. The number of hydrogen-bond donors (Lipinski definition) is 0. The molecule has 3 heteroatoms. The first kappa shape index (κ1) is 29.6. The summed E-state index contributed by atoms with van der Waals surface area (Å²) in [4.78, 5) is 2.35. The molecule has 11 aromatic rings. The Balaban J connectivity index is 1.05. The van der Waals surface area contributed by atoms with Crippen molar-refractivity contribution in [2.24, 2.45) is 0 Å². The van der Waals surface area contributed by atoms with Crippen LogP contribution in [0.1, 0.15) is 0 Å². The molecule has 0 radical (unpaired) electrons. The van der Waals surface area contributed by atoms with Gasteiger partial charge in [-0.25, -0.2) is 0 Å². The van der Waals surface area contributed by atoms with E-state index in [0.717, 1.165) is 77.6 Å². The molecule has 9 aromatic carbocycles. The lowest BCUT2D eigenvalue weighted by Crippen LogP contribution is -2.11. The molecule has 0 aliphatic carbocycles. The minimum Gasteiger partial charge on any atom is -0.456 e. The quantitative estimate of drug-likeness (QED) is 0.182. The number of nitrogens with zero attached hydrogens (tertiary/aromatic N) is 1. The highest BCUT2D eigenvalue weighted by Crippen LogP contribution is 2.44. The van der Waals surface area contributed by atoms with Gasteiger partial charge in [0, 0.05) is 49.9 Å². The number of rotatable bonds is 5. The van der Waals surface area contributed by atoms with Crippen LogP contribution in [0.25, 0.3) is 87.7 Å². The summed E-state index contributed by atoms with van der Waals surface area (Å²) < 4.78 is 12.8. The fraction of sp³-hybridized carbons (Fsp3) is 0. The predicted octanol–water partition coefficient (Wildman–Crippen LogP) is 14.6. The topological polar surface area (TPSA) is 29.5 Å². The Morgan fingerprint density at radius 2 is 1.04 bits per heavy atom. The molecule has 11 rings (SSSR count). The van der Waals surface area contributed by atoms with Gasteiger partial charge in [-0.1, -0.05) is 127 Å². The lowest BCUT2D eigenvalue weighted by atomic mass is 9.98. The van der Waals surface area contributed by atoms with Gasteiger partial charge in [-0.2, -0.15) is 0 Å². The Bertz CT molecular complexity index is 3170. The second-order valence-electron chi connectivity index (χ2n) is 13.7. The van der Waals surface area contributed by atoms with Gasteiger partial charge >= 0.3 is 0 Å². The molecule has 0 saturated heterocycles. The third-order valence-electron chi connectivity index (χ3n) is 10.7. The summed E-state index contributed by atoms with van der Waals surface area (Å²) >= 11 is 0. The SMILES string of the molecule is c1ccc(-c2ccccc2N(c2ccc(-c3ccc4c(ccc5oc6ccccc6c54)c3)cc2)c2ccc3c(c2)oc2c4ccccc4ccc32)cc1. The van der Waals surface area contributed by atoms with Crippen molar-refractivity contribution in [2.75, 3.05) is 4.90 Å². The highest BCUT2D eigenvalue weighted by atomic mass is 16.3. The summed E-state index contributed by atoms with van der Waals surface area (Å²) in [6.07, 6.45) is 0. The standard InChI is InChI=1S/C50H31NO2/c1-2-10-33(11-3-1)39-13-6-8-16-45(39)51(38-25-28-42-43-27-20-34-12-4-5-14-41(34)50(43)53-48(42)31-38)37-23-18-32(19-24-37)35-21-26-40-36(30-35)22-29-47-49(40)44-15-7-9-17-46(44)52-47/h1-31H. The fourth-order valence-electron chi connectivity index (χ4n) is 8.13. The van der Waals surface area contributed by atoms with E-state index in [1.54, 1.807) is 0 Å². The summed E-state index contributed by atoms with van der Waals surface area (Å²) in [6.45, 7) is 0. The van der Waals surface area contributed by atoms with Crippen LogP contribution in [0, 0.1) is 0 Å². The van der Waals surface area contributed by atoms with Gasteiger partial charge < -0.3 is 13.7 Å². The van der Waals surface area contributed by atoms with E-state index < -0.39 is 0 Å². The summed E-state index contributed by atoms with van der Waals surface area (Å²) in [6, 6.07) is 66.8. The minimum absolute atomic E-state index is 0.864. The van der Waals surface area contributed by atoms with Gasteiger partial charge in [-0.3, -0.25) is 0 Å². The average molecular weight is 678 g/mol. The van der Waals surface area contributed by atoms with Crippen LogP contribution in [0.2, 0.25) is 0 Å². The molecular formula is C50H31NO2. The van der Waals surface area contributed by atoms with Gasteiger partial charge in [-0.15, -0.1) is 0 Å². The van der Waals surface area contributed by atoms with Crippen molar-refractivity contribution in [3.05, 3.63) is 188 Å². The first-order chi connectivity index (χ1) is 26.3. The van der Waals surface area contributed by atoms with E-state index in [2.05, 4.69) is 181 Å². The van der Waals surface area contributed by atoms with Crippen LogP contribution in [0.5, 0.6) is 0 Å². The fourth-order valence-corrected chi connectivity index (χ4v) is 8.13. The normalized spacial score (nSPS) is 11.8. The first-order valence-corrected chi connectivity index (χ1v) is 18.0. The highest BCUT2D eigenvalue weighted by Gasteiger charge is 2.20. The van der Waals surface area contributed by atoms with E-state index in [0.29, 0.717) is 0 Å². The molecule has 248 valence electrons. The van der Waals surface area contributed by atoms with Gasteiger partial charge in [-0.05, 0) is 87.4 Å². The number of fused-ring (bicyclic) bond motifs is 10. The van der Waals surface area contributed by atoms with E-state index in [-0.39, 0.29) is 0 Å². The number of benzene rings is 9. The number of anilines is 3. The maximum Gasteiger partial charge on any atom is 0.143 e. The molecule has 0 N–H and O–H groups in total. The predicted molar refractivity (Wildman–Crippen MR) is 222 cm³/mol. The van der Waals surface area contributed by atoms with E-state index >= 15 is 0 Å². The van der Waals surface area contributed by atoms with Gasteiger partial charge in [0.2, 0.25) is 0 Å². The molecule has 53 heavy (non-hydrogen) atoms. The monoisotopic (exact) mass is 677 g/mol. The average Bonchev–Trinajstić information content (AvgIpc) is 3.80. The molecule has 0 amide bonds. The first-order valence-electron chi connectivity index (χ1n) is 18.0. The van der Waals surface area contributed by atoms with Crippen LogP contribution < -0.4 is 4.90 Å². The Morgan fingerprint density at radius 1 is 0.340 bits per heavy atom. The van der Waals surface area contributed by atoms with Crippen LogP contribution in [0.4, 0.5) is 17.1 Å². The van der Waals surface area contributed by atoms with Gasteiger partial charge in [0.15, 0.2) is 0 Å². The largest absolute Gasteiger partial charge is 0.456 e. The zero-order chi connectivity index (χ0) is 34.9. The minimum atomic E-state index is 0.864. The van der Waals surface area contributed by atoms with Crippen molar-refractivity contribution in [1.82, 2.24) is 0 Å². The van der Waals surface area contributed by atoms with Crippen LogP contribution in [0.15, 0.2) is 197 Å². The summed E-state index contributed by atoms with van der Waals surface area (Å²) in [5.41, 5.74) is 11.4. The lowest BCUT2D eigenvalue weighted by molar-refractivity contribution is 0.669. The van der Waals surface area contributed by atoms with Crippen LogP contribution in [-0.4, -0.2) is 0 Å². The van der Waals surface area contributed by atoms with Gasteiger partial charge in [0.1, 0.15) is 22.3 Å². The van der Waals surface area contributed by atoms with Gasteiger partial charge in [0.05, 0.1) is 5.69 Å². The zero-order valence-corrected chi connectivity index (χ0v) is 28.7. The second kappa shape index (κ2) is 11.7. The van der Waals surface area contributed by atoms with E-state index in [9.17, 15) is 0 Å². The van der Waals surface area contributed by atoms with E-state index in [1.165, 1.54) is 27.1 Å². The summed E-state index contributed by atoms with van der Waals surface area (Å²) in [7, 11) is 0. The molecule has 0 atom stereocenters. The molecular weight excluding hydrogens is 647 g/mol. The number of para-hydroxylation sites is 2. The molecule has 0 spiro atoms. The van der Waals surface area contributed by atoms with Crippen molar-refractivity contribution in [2.45, 2.75) is 0 Å². The molecule has 0 bridgehead atoms. The smallest absolute Gasteiger partial charge is 0.143 e. The van der Waals surface area contributed by atoms with Crippen molar-refractivity contribution >= 4 is 82.5 Å². The summed E-state index contributed by atoms with van der Waals surface area (Å²) in [5.74, 6) is 0. The van der Waals surface area contributed by atoms with Crippen molar-refractivity contribution < 1.29 is 8.83 Å². The van der Waals surface area contributed by atoms with Crippen molar-refractivity contribution in [1.29, 1.82) is 0 Å². The van der Waals surface area contributed by atoms with Crippen LogP contribution >= 0.6 is 0 Å². The Labute approximate surface area is 305 Å². The van der Waals surface area contributed by atoms with Crippen molar-refractivity contribution in [3.8, 4) is 22.3 Å². The lowest BCUT2D eigenvalue weighted by Gasteiger charge is -2.28. The maximum absolute atomic E-state index is 6.67. The molecule has 0 saturated carbocycles. The maximum atomic E-state index is 6.67. The Hall–Kier alpha value is -7.10. The second-order valence-corrected chi connectivity index (χ2v) is 13.7. The Morgan fingerprint density at radius 3 is 1.94 bits per heavy atom. The van der Waals surface area contributed by atoms with E-state index in [1.807, 2.05) is 12.1 Å². The molecule has 2 heterocycles. The molecule has 0 aliphatic rings. The van der Waals surface area contributed by atoms with E-state index in [4.69, 9.17) is 8.83 Å². The van der Waals surface area contributed by atoms with Gasteiger partial charge in [0.25, 0.3) is 0 Å². The number of furan rings is 2. The van der Waals surface area contributed by atoms with Crippen LogP contribution in [0.3, 0.4) is 0 Å². The Kier molecular flexibility index (Phi) is 6.55. The molecule has 2 aromatic heterocycles. The highest BCUT2D eigenvalue weighted by molar-refractivity contribution is 6.19. The van der Waals surface area contributed by atoms with Crippen molar-refractivity contribution in [3.63, 3.8) is 0 Å². The zero-order valence-electron chi connectivity index (χ0n) is 28.7. The molecule has 0 aliphatic heterocycles. The third-order valence-corrected chi connectivity index (χ3v) is 10.7. The number of hydrogen-bond acceptors (Lipinski definition) is 3. The summed E-state index contributed by atoms with van der Waals surface area (Å²) in [5, 5.41) is 9.24.